The molecule has 1 N–H and O–H groups in total. The van der Waals surface area contributed by atoms with E-state index in [2.05, 4.69) is 14.6 Å². The van der Waals surface area contributed by atoms with Gasteiger partial charge in [-0.2, -0.15) is 0 Å². The van der Waals surface area contributed by atoms with Crippen LogP contribution in [0.3, 0.4) is 0 Å². The predicted molar refractivity (Wildman–Crippen MR) is 92.3 cm³/mol. The Labute approximate surface area is 153 Å². The molecular formula is C18H20F3N3O3. The van der Waals surface area contributed by atoms with Gasteiger partial charge in [-0.05, 0) is 32.0 Å². The number of hydrogen-bond donors (Lipinski definition) is 1. The van der Waals surface area contributed by atoms with Crippen molar-refractivity contribution in [1.82, 2.24) is 14.5 Å². The zero-order valence-corrected chi connectivity index (χ0v) is 14.7. The number of benzene rings is 1. The minimum atomic E-state index is -4.84. The maximum Gasteiger partial charge on any atom is 0.573 e. The van der Waals surface area contributed by atoms with E-state index < -0.39 is 23.3 Å². The molecule has 1 fully saturated rings. The number of hydrogen-bond acceptors (Lipinski definition) is 5. The molecule has 27 heavy (non-hydrogen) atoms. The first-order valence-corrected chi connectivity index (χ1v) is 8.48. The average molecular weight is 383 g/mol. The van der Waals surface area contributed by atoms with Crippen LogP contribution in [0.15, 0.2) is 41.5 Å². The summed E-state index contributed by atoms with van der Waals surface area (Å²) >= 11 is 0. The molecule has 1 aliphatic rings. The minimum Gasteiger partial charge on any atom is -0.405 e. The van der Waals surface area contributed by atoms with Gasteiger partial charge in [0.05, 0.1) is 24.2 Å². The number of nitrogens with zero attached hydrogens (tertiary/aromatic N) is 3. The maximum atomic E-state index is 12.6. The fraction of sp³-hybridized carbons (Fsp3) is 0.444. The molecule has 0 amide bonds. The topological polar surface area (TPSA) is 67.6 Å². The lowest BCUT2D eigenvalue weighted by molar-refractivity contribution is -0.274. The van der Waals surface area contributed by atoms with Gasteiger partial charge in [-0.15, -0.1) is 13.2 Å². The number of para-hydroxylation sites is 1. The third-order valence-electron chi connectivity index (χ3n) is 4.65. The van der Waals surface area contributed by atoms with Gasteiger partial charge in [0.25, 0.3) is 5.56 Å². The minimum absolute atomic E-state index is 0.0667. The van der Waals surface area contributed by atoms with Crippen molar-refractivity contribution in [2.75, 3.05) is 20.1 Å². The van der Waals surface area contributed by atoms with Crippen molar-refractivity contribution in [3.63, 3.8) is 0 Å². The zero-order chi connectivity index (χ0) is 19.7. The SMILES string of the molecule is CN1CCC(O)(Cn2cnc(-c3ccccc3OC(F)(F)F)cc2=O)CC1. The Kier molecular flexibility index (Phi) is 5.25. The first kappa shape index (κ1) is 19.4. The van der Waals surface area contributed by atoms with E-state index in [-0.39, 0.29) is 17.8 Å². The van der Waals surface area contributed by atoms with Crippen molar-refractivity contribution in [3.8, 4) is 17.0 Å². The normalized spacial score (nSPS) is 17.7. The van der Waals surface area contributed by atoms with E-state index in [1.54, 1.807) is 0 Å². The zero-order valence-electron chi connectivity index (χ0n) is 14.7. The lowest BCUT2D eigenvalue weighted by Gasteiger charge is -2.36. The fourth-order valence-electron chi connectivity index (χ4n) is 3.09. The molecule has 2 aromatic rings. The van der Waals surface area contributed by atoms with E-state index >= 15 is 0 Å². The van der Waals surface area contributed by atoms with Gasteiger partial charge in [-0.3, -0.25) is 9.36 Å². The fourth-order valence-corrected chi connectivity index (χ4v) is 3.09. The number of alkyl halides is 3. The largest absolute Gasteiger partial charge is 0.573 e. The molecule has 0 atom stereocenters. The van der Waals surface area contributed by atoms with Crippen LogP contribution in [0.1, 0.15) is 12.8 Å². The van der Waals surface area contributed by atoms with Gasteiger partial charge in [0.1, 0.15) is 5.75 Å². The quantitative estimate of drug-likeness (QED) is 0.877. The molecule has 0 bridgehead atoms. The third kappa shape index (κ3) is 4.86. The monoisotopic (exact) mass is 383 g/mol. The van der Waals surface area contributed by atoms with Gasteiger partial charge in [0, 0.05) is 24.7 Å². The van der Waals surface area contributed by atoms with Crippen LogP contribution in [-0.4, -0.2) is 51.7 Å². The second-order valence-corrected chi connectivity index (χ2v) is 6.81. The number of aliphatic hydroxyl groups is 1. The van der Waals surface area contributed by atoms with E-state index in [0.29, 0.717) is 12.8 Å². The predicted octanol–water partition coefficient (Wildman–Crippen LogP) is 2.27. The van der Waals surface area contributed by atoms with Gasteiger partial charge in [-0.25, -0.2) is 4.98 Å². The van der Waals surface area contributed by atoms with Crippen molar-refractivity contribution in [2.45, 2.75) is 31.3 Å². The maximum absolute atomic E-state index is 12.6. The van der Waals surface area contributed by atoms with Crippen molar-refractivity contribution in [2.24, 2.45) is 0 Å². The molecule has 0 unspecified atom stereocenters. The number of rotatable bonds is 4. The van der Waals surface area contributed by atoms with Gasteiger partial charge < -0.3 is 14.7 Å². The molecule has 1 aromatic carbocycles. The summed E-state index contributed by atoms with van der Waals surface area (Å²) in [6.45, 7) is 1.53. The molecule has 0 spiro atoms. The molecule has 0 aliphatic carbocycles. The second-order valence-electron chi connectivity index (χ2n) is 6.81. The Morgan fingerprint density at radius 2 is 1.93 bits per heavy atom. The molecule has 2 heterocycles. The summed E-state index contributed by atoms with van der Waals surface area (Å²) in [5.41, 5.74) is -1.31. The summed E-state index contributed by atoms with van der Waals surface area (Å²) in [7, 11) is 1.96. The molecule has 0 saturated carbocycles. The van der Waals surface area contributed by atoms with Crippen LogP contribution >= 0.6 is 0 Å². The molecule has 1 aliphatic heterocycles. The van der Waals surface area contributed by atoms with E-state index in [1.165, 1.54) is 29.1 Å². The van der Waals surface area contributed by atoms with Crippen LogP contribution < -0.4 is 10.3 Å². The van der Waals surface area contributed by atoms with Crippen LogP contribution in [0.25, 0.3) is 11.3 Å². The van der Waals surface area contributed by atoms with Crippen LogP contribution in [-0.2, 0) is 6.54 Å². The van der Waals surface area contributed by atoms with Crippen molar-refractivity contribution in [1.29, 1.82) is 0 Å². The summed E-state index contributed by atoms with van der Waals surface area (Å²) in [6, 6.07) is 6.65. The van der Waals surface area contributed by atoms with Crippen LogP contribution in [0.2, 0.25) is 0 Å². The van der Waals surface area contributed by atoms with Crippen LogP contribution in [0, 0.1) is 0 Å². The highest BCUT2D eigenvalue weighted by molar-refractivity contribution is 5.66. The number of ether oxygens (including phenoxy) is 1. The van der Waals surface area contributed by atoms with E-state index in [0.717, 1.165) is 25.2 Å². The average Bonchev–Trinajstić information content (AvgIpc) is 2.59. The number of halogens is 3. The van der Waals surface area contributed by atoms with Gasteiger partial charge in [0.2, 0.25) is 0 Å². The molecule has 6 nitrogen and oxygen atoms in total. The van der Waals surface area contributed by atoms with Crippen molar-refractivity contribution >= 4 is 0 Å². The Morgan fingerprint density at radius 3 is 2.56 bits per heavy atom. The molecule has 9 heteroatoms. The molecule has 1 aromatic heterocycles. The highest BCUT2D eigenvalue weighted by Gasteiger charge is 2.33. The highest BCUT2D eigenvalue weighted by atomic mass is 19.4. The van der Waals surface area contributed by atoms with Crippen molar-refractivity contribution < 1.29 is 23.0 Å². The lowest BCUT2D eigenvalue weighted by Crippen LogP contribution is -2.46. The number of aromatic nitrogens is 2. The molecule has 1 saturated heterocycles. The Hall–Kier alpha value is -2.39. The number of likely N-dealkylation sites (tertiary alicyclic amines) is 1. The van der Waals surface area contributed by atoms with E-state index in [1.807, 2.05) is 7.05 Å². The lowest BCUT2D eigenvalue weighted by atomic mass is 9.91. The Bertz CT molecular complexity index is 859. The Balaban J connectivity index is 1.85. The second kappa shape index (κ2) is 7.32. The summed E-state index contributed by atoms with van der Waals surface area (Å²) in [6.07, 6.45) is -2.54. The Morgan fingerprint density at radius 1 is 1.26 bits per heavy atom. The van der Waals surface area contributed by atoms with E-state index in [9.17, 15) is 23.1 Å². The summed E-state index contributed by atoms with van der Waals surface area (Å²) in [5.74, 6) is -0.427. The first-order chi connectivity index (χ1) is 12.7. The first-order valence-electron chi connectivity index (χ1n) is 8.48. The van der Waals surface area contributed by atoms with E-state index in [4.69, 9.17) is 0 Å². The van der Waals surface area contributed by atoms with Crippen LogP contribution in [0.4, 0.5) is 13.2 Å². The standard InChI is InChI=1S/C18H20F3N3O3/c1-23-8-6-17(26,7-9-23)11-24-12-22-14(10-16(24)25)13-4-2-3-5-15(13)27-18(19,20)21/h2-5,10,12,26H,6-9,11H2,1H3. The molecule has 146 valence electrons. The summed E-state index contributed by atoms with van der Waals surface area (Å²) in [4.78, 5) is 18.6. The summed E-state index contributed by atoms with van der Waals surface area (Å²) < 4.78 is 43.0. The smallest absolute Gasteiger partial charge is 0.405 e. The third-order valence-corrected chi connectivity index (χ3v) is 4.65. The van der Waals surface area contributed by atoms with Crippen molar-refractivity contribution in [3.05, 3.63) is 47.0 Å². The van der Waals surface area contributed by atoms with Gasteiger partial charge in [-0.1, -0.05) is 12.1 Å². The summed E-state index contributed by atoms with van der Waals surface area (Å²) in [5, 5.41) is 10.7. The molecular weight excluding hydrogens is 363 g/mol. The van der Waals surface area contributed by atoms with Crippen LogP contribution in [0.5, 0.6) is 5.75 Å². The number of piperidine rings is 1. The molecule has 3 rings (SSSR count). The van der Waals surface area contributed by atoms with Gasteiger partial charge in [0.15, 0.2) is 0 Å². The highest BCUT2D eigenvalue weighted by Crippen LogP contribution is 2.32. The van der Waals surface area contributed by atoms with Gasteiger partial charge >= 0.3 is 6.36 Å². The molecule has 0 radical (unpaired) electrons.